The minimum absolute atomic E-state index is 0.0291. The molecule has 3 aliphatic heterocycles. The van der Waals surface area contributed by atoms with Crippen molar-refractivity contribution in [3.63, 3.8) is 0 Å². The lowest BCUT2D eigenvalue weighted by Gasteiger charge is -2.44. The molecule has 4 aliphatic rings. The van der Waals surface area contributed by atoms with Crippen molar-refractivity contribution in [1.82, 2.24) is 29.4 Å². The Hall–Kier alpha value is -8.38. The third-order valence-electron chi connectivity index (χ3n) is 20.0. The lowest BCUT2D eigenvalue weighted by atomic mass is 9.72. The minimum Gasteiger partial charge on any atom is -0.446 e. The Morgan fingerprint density at radius 2 is 1.30 bits per heavy atom. The number of nitrogens with one attached hydrogen (secondary N) is 1. The van der Waals surface area contributed by atoms with E-state index in [1.165, 1.54) is 24.3 Å². The molecule has 23 heteroatoms. The number of ether oxygens (including phenoxy) is 3. The average molecular weight is 1350 g/mol. The van der Waals surface area contributed by atoms with E-state index in [0.29, 0.717) is 120 Å². The Balaban J connectivity index is 0.633. The molecule has 3 saturated heterocycles. The molecule has 0 aromatic heterocycles. The first-order chi connectivity index (χ1) is 46.3. The first-order valence-electron chi connectivity index (χ1n) is 33.1. The summed E-state index contributed by atoms with van der Waals surface area (Å²) < 4.78 is 116. The van der Waals surface area contributed by atoms with Gasteiger partial charge in [0.25, 0.3) is 11.8 Å². The van der Waals surface area contributed by atoms with E-state index >= 15 is 0 Å². The minimum atomic E-state index is -5.15. The SMILES string of the molecule is CC(CCC(=O)N(C)CCN1CCC(OC(=O)Nc2ccccc2-c2ccccc2)CC1)N(C)c1ccc(C(=O)N(C)CCCN(C)C(=O)CO[C@H]2Cc3ccccc3C23CCN(CC[C@]2(c4ccc(F)cc4)CN(C(=O)c4cc(C(F)(F)F)cc(C(F)(F)F)c4)CO2)CC3)cc1. The van der Waals surface area contributed by atoms with Crippen LogP contribution in [-0.4, -0.2) is 184 Å². The summed E-state index contributed by atoms with van der Waals surface area (Å²) in [4.78, 5) is 80.0. The molecule has 3 fully saturated rings. The Morgan fingerprint density at radius 3 is 1.98 bits per heavy atom. The number of anilines is 2. The Labute approximate surface area is 562 Å². The monoisotopic (exact) mass is 1350 g/mol. The fourth-order valence-corrected chi connectivity index (χ4v) is 13.8. The number of amides is 5. The van der Waals surface area contributed by atoms with E-state index in [9.17, 15) is 54.7 Å². The molecule has 1 aliphatic carbocycles. The molecule has 6 aromatic rings. The van der Waals surface area contributed by atoms with Crippen molar-refractivity contribution in [3.05, 3.63) is 190 Å². The molecule has 10 rings (SSSR count). The van der Waals surface area contributed by atoms with E-state index in [2.05, 4.69) is 39.1 Å². The molecular formula is C74H85F7N8O8. The summed E-state index contributed by atoms with van der Waals surface area (Å²) in [6.45, 7) is 6.51. The zero-order valence-electron chi connectivity index (χ0n) is 55.5. The topological polar surface area (TPSA) is 148 Å². The van der Waals surface area contributed by atoms with Gasteiger partial charge in [-0.15, -0.1) is 0 Å². The number of benzene rings is 6. The number of para-hydroxylation sites is 1. The highest BCUT2D eigenvalue weighted by Crippen LogP contribution is 2.49. The molecule has 0 bridgehead atoms. The molecule has 0 saturated carbocycles. The van der Waals surface area contributed by atoms with Crippen molar-refractivity contribution in [2.45, 2.75) is 106 Å². The van der Waals surface area contributed by atoms with Gasteiger partial charge >= 0.3 is 18.4 Å². The van der Waals surface area contributed by atoms with Crippen molar-refractivity contribution in [3.8, 4) is 11.1 Å². The van der Waals surface area contributed by atoms with Crippen LogP contribution in [-0.2, 0) is 53.6 Å². The average Bonchev–Trinajstić information content (AvgIpc) is 1.60. The summed E-state index contributed by atoms with van der Waals surface area (Å²) in [6, 6.07) is 39.3. The second-order valence-electron chi connectivity index (χ2n) is 26.2. The number of rotatable bonds is 24. The summed E-state index contributed by atoms with van der Waals surface area (Å²) in [5, 5.41) is 2.93. The van der Waals surface area contributed by atoms with Crippen LogP contribution in [0.1, 0.15) is 107 Å². The van der Waals surface area contributed by atoms with Crippen molar-refractivity contribution in [2.24, 2.45) is 0 Å². The molecule has 97 heavy (non-hydrogen) atoms. The number of fused-ring (bicyclic) bond motifs is 2. The maximum Gasteiger partial charge on any atom is 0.416 e. The van der Waals surface area contributed by atoms with Crippen LogP contribution < -0.4 is 10.2 Å². The van der Waals surface area contributed by atoms with Crippen LogP contribution in [0.5, 0.6) is 0 Å². The van der Waals surface area contributed by atoms with Crippen LogP contribution in [0.15, 0.2) is 146 Å². The van der Waals surface area contributed by atoms with Gasteiger partial charge in [0.1, 0.15) is 30.9 Å². The molecule has 1 spiro atoms. The van der Waals surface area contributed by atoms with Gasteiger partial charge in [-0.05, 0) is 154 Å². The number of halogens is 7. The van der Waals surface area contributed by atoms with Gasteiger partial charge in [-0.3, -0.25) is 24.5 Å². The first-order valence-corrected chi connectivity index (χ1v) is 33.1. The van der Waals surface area contributed by atoms with E-state index in [1.807, 2.05) is 93.0 Å². The zero-order valence-corrected chi connectivity index (χ0v) is 55.5. The molecule has 1 N–H and O–H groups in total. The maximum atomic E-state index is 14.3. The quantitative estimate of drug-likeness (QED) is 0.0578. The van der Waals surface area contributed by atoms with Gasteiger partial charge in [0.15, 0.2) is 0 Å². The van der Waals surface area contributed by atoms with Gasteiger partial charge in [0.2, 0.25) is 11.8 Å². The fourth-order valence-electron chi connectivity index (χ4n) is 13.8. The number of likely N-dealkylation sites (tertiary alicyclic amines) is 2. The lowest BCUT2D eigenvalue weighted by molar-refractivity contribution is -0.143. The van der Waals surface area contributed by atoms with Gasteiger partial charge in [-0.25, -0.2) is 9.18 Å². The molecule has 16 nitrogen and oxygen atoms in total. The molecular weight excluding hydrogens is 1260 g/mol. The molecule has 0 radical (unpaired) electrons. The molecule has 3 heterocycles. The van der Waals surface area contributed by atoms with Crippen LogP contribution in [0, 0.1) is 5.82 Å². The van der Waals surface area contributed by atoms with Crippen molar-refractivity contribution >= 4 is 41.1 Å². The van der Waals surface area contributed by atoms with Crippen LogP contribution >= 0.6 is 0 Å². The standard InChI is InChI=1S/C74H85F7N8O8/c1-51(20-29-66(90)84(3)42-43-87-37-30-61(31-38-87)97-70(94)82-64-19-12-10-17-62(64)52-14-7-6-8-15-52)86(5)60-27-21-53(22-28-60)68(92)85(4)36-13-35-83(2)67(91)48-95-65-46-54-16-9-11-18-63(54)71(65)32-39-88(40-33-71)41-34-72(56-23-25-59(75)26-24-56)49-89(50-96-72)69(93)55-44-57(73(76,77)78)47-58(45-55)74(79,80)81/h6-12,14-19,21-28,44-45,47,51,61,65H,13,20,29-43,46,48-50H2,1-5H3,(H,82,94)/t51?,65-,72+/m0/s1. The van der Waals surface area contributed by atoms with E-state index in [-0.39, 0.29) is 61.6 Å². The van der Waals surface area contributed by atoms with E-state index in [4.69, 9.17) is 14.2 Å². The van der Waals surface area contributed by atoms with Gasteiger partial charge in [-0.2, -0.15) is 26.3 Å². The van der Waals surface area contributed by atoms with Crippen molar-refractivity contribution in [1.29, 1.82) is 0 Å². The fraction of sp³-hybridized carbons (Fsp3) is 0.446. The highest BCUT2D eigenvalue weighted by Gasteiger charge is 2.50. The number of alkyl halides is 6. The highest BCUT2D eigenvalue weighted by molar-refractivity contribution is 5.95. The van der Waals surface area contributed by atoms with Crippen LogP contribution in [0.4, 0.5) is 46.9 Å². The second kappa shape index (κ2) is 31.0. The number of carbonyl (C=O) groups is 5. The Morgan fingerprint density at radius 1 is 0.680 bits per heavy atom. The molecule has 1 unspecified atom stereocenters. The van der Waals surface area contributed by atoms with Crippen LogP contribution in [0.3, 0.4) is 0 Å². The predicted octanol–water partition coefficient (Wildman–Crippen LogP) is 12.6. The van der Waals surface area contributed by atoms with Gasteiger partial charge in [-0.1, -0.05) is 84.9 Å². The normalized spacial score (nSPS) is 18.5. The third kappa shape index (κ3) is 17.5. The van der Waals surface area contributed by atoms with Gasteiger partial charge in [0, 0.05) is 114 Å². The number of hydrogen-bond donors (Lipinski definition) is 1. The lowest BCUT2D eigenvalue weighted by Crippen LogP contribution is -2.50. The third-order valence-corrected chi connectivity index (χ3v) is 20.0. The maximum absolute atomic E-state index is 14.3. The number of nitrogens with zero attached hydrogens (tertiary/aromatic N) is 7. The van der Waals surface area contributed by atoms with Gasteiger partial charge in [0.05, 0.1) is 29.5 Å². The summed E-state index contributed by atoms with van der Waals surface area (Å²) in [7, 11) is 7.26. The predicted molar refractivity (Wildman–Crippen MR) is 355 cm³/mol. The number of carbonyl (C=O) groups excluding carboxylic acids is 5. The van der Waals surface area contributed by atoms with E-state index in [0.717, 1.165) is 52.5 Å². The molecule has 518 valence electrons. The number of piperidine rings is 2. The smallest absolute Gasteiger partial charge is 0.416 e. The number of hydrogen-bond acceptors (Lipinski definition) is 11. The van der Waals surface area contributed by atoms with E-state index < -0.39 is 64.6 Å². The van der Waals surface area contributed by atoms with Crippen LogP contribution in [0.25, 0.3) is 11.1 Å². The summed E-state index contributed by atoms with van der Waals surface area (Å²) in [5.74, 6) is -1.90. The zero-order chi connectivity index (χ0) is 69.2. The summed E-state index contributed by atoms with van der Waals surface area (Å²) in [5.41, 5.74) is 1.14. The molecule has 3 atom stereocenters. The highest BCUT2D eigenvalue weighted by atomic mass is 19.4. The first kappa shape index (κ1) is 71.4. The van der Waals surface area contributed by atoms with Crippen molar-refractivity contribution in [2.75, 3.05) is 117 Å². The van der Waals surface area contributed by atoms with Crippen LogP contribution in [0.2, 0.25) is 0 Å². The van der Waals surface area contributed by atoms with Gasteiger partial charge < -0.3 is 48.5 Å². The summed E-state index contributed by atoms with van der Waals surface area (Å²) in [6.07, 6.45) is -6.13. The second-order valence-corrected chi connectivity index (χ2v) is 26.2. The molecule has 5 amide bonds. The Kier molecular flexibility index (Phi) is 22.8. The molecule has 6 aromatic carbocycles. The number of likely N-dealkylation sites (N-methyl/N-ethyl adjacent to an activating group) is 2. The largest absolute Gasteiger partial charge is 0.446 e. The van der Waals surface area contributed by atoms with E-state index in [1.54, 1.807) is 40.9 Å². The van der Waals surface area contributed by atoms with Crippen molar-refractivity contribution < 1.29 is 68.9 Å². The summed E-state index contributed by atoms with van der Waals surface area (Å²) >= 11 is 0. The Bertz CT molecular complexity index is 3660.